The number of methoxy groups -OCH3 is 2. The number of amides is 2. The van der Waals surface area contributed by atoms with Gasteiger partial charge in [0.15, 0.2) is 11.5 Å². The fraction of sp³-hybridized carbons (Fsp3) is 0.250. The zero-order chi connectivity index (χ0) is 26.1. The van der Waals surface area contributed by atoms with Crippen molar-refractivity contribution in [1.82, 2.24) is 10.7 Å². The largest absolute Gasteiger partial charge is 0.493 e. The van der Waals surface area contributed by atoms with Crippen LogP contribution >= 0.6 is 15.9 Å². The Bertz CT molecular complexity index is 1160. The molecule has 7 nitrogen and oxygen atoms in total. The van der Waals surface area contributed by atoms with E-state index in [0.29, 0.717) is 21.5 Å². The van der Waals surface area contributed by atoms with Crippen LogP contribution in [-0.4, -0.2) is 38.3 Å². The maximum Gasteiger partial charge on any atom is 0.262 e. The van der Waals surface area contributed by atoms with E-state index in [9.17, 15) is 9.59 Å². The molecular formula is C28H30BrN3O4. The Balaban J connectivity index is 1.76. The lowest BCUT2D eigenvalue weighted by molar-refractivity contribution is -0.130. The van der Waals surface area contributed by atoms with Crippen LogP contribution in [0.1, 0.15) is 36.5 Å². The van der Waals surface area contributed by atoms with Gasteiger partial charge in [0.2, 0.25) is 5.91 Å². The summed E-state index contributed by atoms with van der Waals surface area (Å²) in [6.45, 7) is 3.75. The molecule has 1 atom stereocenters. The monoisotopic (exact) mass is 551 g/mol. The summed E-state index contributed by atoms with van der Waals surface area (Å²) >= 11 is 3.44. The average molecular weight is 552 g/mol. The topological polar surface area (TPSA) is 89.0 Å². The van der Waals surface area contributed by atoms with E-state index in [-0.39, 0.29) is 11.8 Å². The SMILES string of the molecule is COc1cc(/C=N\NC(=O)[C@H](NC(=O)C(c2ccccc2)c2ccccc2)C(C)C)cc(Br)c1OC. The van der Waals surface area contributed by atoms with Crippen molar-refractivity contribution in [2.45, 2.75) is 25.8 Å². The van der Waals surface area contributed by atoms with Crippen LogP contribution in [0.4, 0.5) is 0 Å². The molecule has 188 valence electrons. The predicted molar refractivity (Wildman–Crippen MR) is 144 cm³/mol. The zero-order valence-corrected chi connectivity index (χ0v) is 22.3. The average Bonchev–Trinajstić information content (AvgIpc) is 2.88. The first-order valence-electron chi connectivity index (χ1n) is 11.5. The minimum Gasteiger partial charge on any atom is -0.493 e. The van der Waals surface area contributed by atoms with E-state index < -0.39 is 17.9 Å². The van der Waals surface area contributed by atoms with Crippen molar-refractivity contribution < 1.29 is 19.1 Å². The second-order valence-electron chi connectivity index (χ2n) is 8.46. The highest BCUT2D eigenvalue weighted by atomic mass is 79.9. The molecular weight excluding hydrogens is 522 g/mol. The van der Waals surface area contributed by atoms with Crippen LogP contribution in [0.15, 0.2) is 82.4 Å². The maximum absolute atomic E-state index is 13.5. The number of carbonyl (C=O) groups is 2. The lowest BCUT2D eigenvalue weighted by Crippen LogP contribution is -2.50. The highest BCUT2D eigenvalue weighted by molar-refractivity contribution is 9.10. The number of rotatable bonds is 10. The Morgan fingerprint density at radius 1 is 0.889 bits per heavy atom. The second-order valence-corrected chi connectivity index (χ2v) is 9.31. The fourth-order valence-corrected chi connectivity index (χ4v) is 4.43. The molecule has 3 aromatic rings. The van der Waals surface area contributed by atoms with Crippen molar-refractivity contribution in [2.24, 2.45) is 11.0 Å². The van der Waals surface area contributed by atoms with E-state index in [1.807, 2.05) is 74.5 Å². The van der Waals surface area contributed by atoms with Crippen LogP contribution in [-0.2, 0) is 9.59 Å². The standard InChI is InChI=1S/C28H30BrN3O4/c1-18(2)25(28(34)32-30-17-19-15-22(29)26(36-4)23(16-19)35-3)31-27(33)24(20-11-7-5-8-12-20)21-13-9-6-10-14-21/h5-18,24-25H,1-4H3,(H,31,33)(H,32,34)/b30-17-/t25-/m1/s1. The molecule has 2 N–H and O–H groups in total. The van der Waals surface area contributed by atoms with Crippen LogP contribution in [0.5, 0.6) is 11.5 Å². The van der Waals surface area contributed by atoms with E-state index in [0.717, 1.165) is 11.1 Å². The smallest absolute Gasteiger partial charge is 0.262 e. The molecule has 0 saturated carbocycles. The minimum atomic E-state index is -0.776. The molecule has 0 saturated heterocycles. The Morgan fingerprint density at radius 3 is 1.97 bits per heavy atom. The Kier molecular flexibility index (Phi) is 9.64. The normalized spacial score (nSPS) is 12.0. The van der Waals surface area contributed by atoms with Gasteiger partial charge >= 0.3 is 0 Å². The summed E-state index contributed by atoms with van der Waals surface area (Å²) in [6, 6.07) is 21.8. The van der Waals surface area contributed by atoms with Gasteiger partial charge in [-0.05, 0) is 50.7 Å². The van der Waals surface area contributed by atoms with E-state index in [4.69, 9.17) is 9.47 Å². The summed E-state index contributed by atoms with van der Waals surface area (Å²) in [6.07, 6.45) is 1.50. The van der Waals surface area contributed by atoms with Gasteiger partial charge in [-0.2, -0.15) is 5.10 Å². The summed E-state index contributed by atoms with van der Waals surface area (Å²) in [7, 11) is 3.10. The molecule has 0 aliphatic rings. The first-order valence-corrected chi connectivity index (χ1v) is 12.3. The lowest BCUT2D eigenvalue weighted by Gasteiger charge is -2.24. The van der Waals surface area contributed by atoms with Crippen molar-refractivity contribution >= 4 is 34.0 Å². The molecule has 0 unspecified atom stereocenters. The molecule has 0 radical (unpaired) electrons. The molecule has 0 spiro atoms. The van der Waals surface area contributed by atoms with Crippen molar-refractivity contribution in [2.75, 3.05) is 14.2 Å². The molecule has 0 aromatic heterocycles. The number of nitrogens with one attached hydrogen (secondary N) is 2. The van der Waals surface area contributed by atoms with Crippen molar-refractivity contribution in [3.8, 4) is 11.5 Å². The quantitative estimate of drug-likeness (QED) is 0.277. The van der Waals surface area contributed by atoms with E-state index in [1.165, 1.54) is 6.21 Å². The molecule has 0 fully saturated rings. The third kappa shape index (κ3) is 6.73. The van der Waals surface area contributed by atoms with Gasteiger partial charge in [-0.25, -0.2) is 5.43 Å². The number of hydrogen-bond donors (Lipinski definition) is 2. The van der Waals surface area contributed by atoms with Crippen LogP contribution < -0.4 is 20.2 Å². The zero-order valence-electron chi connectivity index (χ0n) is 20.7. The van der Waals surface area contributed by atoms with Crippen molar-refractivity contribution in [3.63, 3.8) is 0 Å². The first-order chi connectivity index (χ1) is 17.3. The number of nitrogens with zero attached hydrogens (tertiary/aromatic N) is 1. The van der Waals surface area contributed by atoms with Crippen LogP contribution in [0.2, 0.25) is 0 Å². The van der Waals surface area contributed by atoms with E-state index >= 15 is 0 Å². The molecule has 3 aromatic carbocycles. The van der Waals surface area contributed by atoms with Crippen molar-refractivity contribution in [3.05, 3.63) is 94.0 Å². The molecule has 0 aliphatic carbocycles. The van der Waals surface area contributed by atoms with Gasteiger partial charge in [-0.1, -0.05) is 74.5 Å². The fourth-order valence-electron chi connectivity index (χ4n) is 3.81. The van der Waals surface area contributed by atoms with Gasteiger partial charge in [0.05, 0.1) is 30.8 Å². The summed E-state index contributed by atoms with van der Waals surface area (Å²) in [5.74, 6) is -0.281. The van der Waals surface area contributed by atoms with E-state index in [1.54, 1.807) is 26.4 Å². The Hall–Kier alpha value is -3.65. The molecule has 0 bridgehead atoms. The lowest BCUT2D eigenvalue weighted by atomic mass is 9.89. The van der Waals surface area contributed by atoms with Crippen molar-refractivity contribution in [1.29, 1.82) is 0 Å². The molecule has 0 heterocycles. The summed E-state index contributed by atoms with van der Waals surface area (Å²) in [5, 5.41) is 7.03. The summed E-state index contributed by atoms with van der Waals surface area (Å²) in [5.41, 5.74) is 4.94. The highest BCUT2D eigenvalue weighted by Crippen LogP contribution is 2.35. The van der Waals surface area contributed by atoms with Gasteiger partial charge < -0.3 is 14.8 Å². The maximum atomic E-state index is 13.5. The predicted octanol–water partition coefficient (Wildman–Crippen LogP) is 4.89. The third-order valence-corrected chi connectivity index (χ3v) is 6.21. The summed E-state index contributed by atoms with van der Waals surface area (Å²) < 4.78 is 11.4. The minimum absolute atomic E-state index is 0.161. The second kappa shape index (κ2) is 12.9. The van der Waals surface area contributed by atoms with Gasteiger partial charge in [0.25, 0.3) is 5.91 Å². The number of halogens is 1. The number of carbonyl (C=O) groups excluding carboxylic acids is 2. The Labute approximate surface area is 220 Å². The number of hydrazone groups is 1. The van der Waals surface area contributed by atoms with E-state index in [2.05, 4.69) is 31.8 Å². The molecule has 3 rings (SSSR count). The van der Waals surface area contributed by atoms with Gasteiger partial charge in [-0.15, -0.1) is 0 Å². The number of ether oxygens (including phenoxy) is 2. The molecule has 2 amide bonds. The first kappa shape index (κ1) is 26.9. The van der Waals surface area contributed by atoms with Crippen LogP contribution in [0, 0.1) is 5.92 Å². The Morgan fingerprint density at radius 2 is 1.47 bits per heavy atom. The summed E-state index contributed by atoms with van der Waals surface area (Å²) in [4.78, 5) is 26.5. The van der Waals surface area contributed by atoms with Crippen LogP contribution in [0.3, 0.4) is 0 Å². The number of benzene rings is 3. The van der Waals surface area contributed by atoms with Gasteiger partial charge in [0.1, 0.15) is 6.04 Å². The van der Waals surface area contributed by atoms with Gasteiger partial charge in [0, 0.05) is 0 Å². The highest BCUT2D eigenvalue weighted by Gasteiger charge is 2.29. The number of hydrogen-bond acceptors (Lipinski definition) is 5. The van der Waals surface area contributed by atoms with Crippen LogP contribution in [0.25, 0.3) is 0 Å². The third-order valence-electron chi connectivity index (χ3n) is 5.62. The van der Waals surface area contributed by atoms with Gasteiger partial charge in [-0.3, -0.25) is 9.59 Å². The molecule has 8 heteroatoms. The molecule has 36 heavy (non-hydrogen) atoms. The molecule has 0 aliphatic heterocycles.